The molecule has 0 radical (unpaired) electrons. The quantitative estimate of drug-likeness (QED) is 0.0194. The molecule has 1 aliphatic heterocycles. The highest BCUT2D eigenvalue weighted by Crippen LogP contribution is 2.26. The number of unbranched alkanes of at least 4 members (excludes halogenated alkanes) is 29. The van der Waals surface area contributed by atoms with Gasteiger partial charge in [0.25, 0.3) is 0 Å². The first kappa shape index (κ1) is 57.9. The Morgan fingerprint density at radius 1 is 0.639 bits per heavy atom. The van der Waals surface area contributed by atoms with Gasteiger partial charge in [0.2, 0.25) is 5.91 Å². The summed E-state index contributed by atoms with van der Waals surface area (Å²) in [5.41, 5.74) is 0. The highest BCUT2D eigenvalue weighted by atomic mass is 32.3. The number of hydrogen-bond acceptors (Lipinski definition) is 10. The smallest absolute Gasteiger partial charge is 0.394 e. The van der Waals surface area contributed by atoms with Gasteiger partial charge in [-0.05, 0) is 38.5 Å². The number of aliphatic hydroxyl groups excluding tert-OH is 4. The van der Waals surface area contributed by atoms with Crippen LogP contribution in [0.4, 0.5) is 0 Å². The Bertz CT molecular complexity index is 1140. The first-order valence-corrected chi connectivity index (χ1v) is 26.4. The molecule has 1 fully saturated rings. The van der Waals surface area contributed by atoms with Crippen molar-refractivity contribution in [1.82, 2.24) is 5.32 Å². The monoisotopic (exact) mass is 892 g/mol. The van der Waals surface area contributed by atoms with E-state index in [1.807, 2.05) is 0 Å². The fraction of sp³-hybridized carbons (Fsp3) is 0.938. The van der Waals surface area contributed by atoms with Crippen molar-refractivity contribution >= 4 is 16.3 Å². The largest absolute Gasteiger partial charge is 0.397 e. The van der Waals surface area contributed by atoms with Crippen molar-refractivity contribution in [2.24, 2.45) is 0 Å². The van der Waals surface area contributed by atoms with Gasteiger partial charge in [0, 0.05) is 6.42 Å². The van der Waals surface area contributed by atoms with Crippen LogP contribution in [-0.2, 0) is 28.9 Å². The maximum absolute atomic E-state index is 13.1. The Labute approximate surface area is 372 Å². The minimum atomic E-state index is -5.08. The van der Waals surface area contributed by atoms with Crippen LogP contribution in [-0.4, -0.2) is 95.4 Å². The molecule has 0 aromatic rings. The third-order valence-corrected chi connectivity index (χ3v) is 12.5. The van der Waals surface area contributed by atoms with E-state index in [2.05, 4.69) is 35.5 Å². The van der Waals surface area contributed by atoms with Gasteiger partial charge in [-0.2, -0.15) is 8.42 Å². The zero-order valence-corrected chi connectivity index (χ0v) is 39.6. The molecule has 7 unspecified atom stereocenters. The summed E-state index contributed by atoms with van der Waals surface area (Å²) in [6.45, 7) is 3.45. The van der Waals surface area contributed by atoms with E-state index < -0.39 is 59.9 Å². The standard InChI is InChI=1S/C48H93NO11S/c1-3-5-7-9-11-13-15-17-19-20-21-22-24-25-27-29-31-33-35-37-42(51)41(40-58-48-46(54)47(60-61(55,56)57)45(53)43(39-50)59-48)49-44(52)38-36-34-32-30-28-26-23-18-16-14-12-10-8-6-4-2/h14,16,41-43,45-48,50-51,53-54H,3-13,15,17-40H2,1-2H3,(H,49,52)(H,55,56,57)/b16-14-. The van der Waals surface area contributed by atoms with Crippen molar-refractivity contribution < 1.29 is 51.8 Å². The highest BCUT2D eigenvalue weighted by molar-refractivity contribution is 7.80. The van der Waals surface area contributed by atoms with Gasteiger partial charge >= 0.3 is 10.4 Å². The molecule has 1 saturated heterocycles. The van der Waals surface area contributed by atoms with Gasteiger partial charge in [-0.15, -0.1) is 0 Å². The van der Waals surface area contributed by atoms with Gasteiger partial charge in [-0.3, -0.25) is 9.35 Å². The lowest BCUT2D eigenvalue weighted by Gasteiger charge is -2.41. The van der Waals surface area contributed by atoms with E-state index in [1.165, 1.54) is 148 Å². The van der Waals surface area contributed by atoms with Crippen LogP contribution in [0, 0.1) is 0 Å². The van der Waals surface area contributed by atoms with Gasteiger partial charge in [-0.1, -0.05) is 199 Å². The molecule has 0 aliphatic carbocycles. The molecular weight excluding hydrogens is 799 g/mol. The third-order valence-electron chi connectivity index (χ3n) is 12.1. The number of ether oxygens (including phenoxy) is 2. The second kappa shape index (κ2) is 39.2. The summed E-state index contributed by atoms with van der Waals surface area (Å²) in [7, 11) is -5.08. The summed E-state index contributed by atoms with van der Waals surface area (Å²) in [5, 5.41) is 44.9. The molecule has 6 N–H and O–H groups in total. The maximum atomic E-state index is 13.1. The molecular formula is C48H93NO11S. The highest BCUT2D eigenvalue weighted by Gasteiger charge is 2.48. The molecule has 1 aliphatic rings. The van der Waals surface area contributed by atoms with Crippen molar-refractivity contribution in [3.63, 3.8) is 0 Å². The number of carbonyl (C=O) groups excluding carboxylic acids is 1. The molecule has 0 bridgehead atoms. The second-order valence-corrected chi connectivity index (χ2v) is 18.8. The Kier molecular flexibility index (Phi) is 37.2. The lowest BCUT2D eigenvalue weighted by atomic mass is 9.99. The average molecular weight is 892 g/mol. The summed E-state index contributed by atoms with van der Waals surface area (Å²) < 4.78 is 47.7. The van der Waals surface area contributed by atoms with Crippen LogP contribution in [0.25, 0.3) is 0 Å². The SMILES string of the molecule is CCCCCC/C=C\CCCCCCCCCC(=O)NC(COC1OC(CO)C(O)C(OS(=O)(=O)O)C1O)C(O)CCCCCCCCCCCCCCCCCCCCC. The third kappa shape index (κ3) is 32.2. The molecule has 1 heterocycles. The first-order chi connectivity index (χ1) is 29.5. The van der Waals surface area contributed by atoms with Gasteiger partial charge in [0.05, 0.1) is 25.4 Å². The summed E-state index contributed by atoms with van der Waals surface area (Å²) in [6.07, 6.45) is 34.9. The number of hydrogen-bond donors (Lipinski definition) is 6. The molecule has 362 valence electrons. The van der Waals surface area contributed by atoms with Crippen molar-refractivity contribution in [3.05, 3.63) is 12.2 Å². The van der Waals surface area contributed by atoms with Crippen LogP contribution in [0.15, 0.2) is 12.2 Å². The van der Waals surface area contributed by atoms with Gasteiger partial charge in [-0.25, -0.2) is 4.18 Å². The van der Waals surface area contributed by atoms with Crippen molar-refractivity contribution in [1.29, 1.82) is 0 Å². The topological polar surface area (TPSA) is 192 Å². The van der Waals surface area contributed by atoms with E-state index in [0.717, 1.165) is 51.4 Å². The Morgan fingerprint density at radius 2 is 1.05 bits per heavy atom. The summed E-state index contributed by atoms with van der Waals surface area (Å²) >= 11 is 0. The Morgan fingerprint density at radius 3 is 1.49 bits per heavy atom. The van der Waals surface area contributed by atoms with Crippen LogP contribution < -0.4 is 5.32 Å². The predicted octanol–water partition coefficient (Wildman–Crippen LogP) is 10.3. The van der Waals surface area contributed by atoms with E-state index in [0.29, 0.717) is 12.8 Å². The number of carbonyl (C=O) groups is 1. The predicted molar refractivity (Wildman–Crippen MR) is 246 cm³/mol. The lowest BCUT2D eigenvalue weighted by Crippen LogP contribution is -2.61. The molecule has 1 rings (SSSR count). The minimum absolute atomic E-state index is 0.233. The Balaban J connectivity index is 2.44. The van der Waals surface area contributed by atoms with Crippen LogP contribution in [0.1, 0.15) is 232 Å². The van der Waals surface area contributed by atoms with Crippen LogP contribution in [0.2, 0.25) is 0 Å². The lowest BCUT2D eigenvalue weighted by molar-refractivity contribution is -0.298. The summed E-state index contributed by atoms with van der Waals surface area (Å²) in [4.78, 5) is 13.1. The molecule has 0 saturated carbocycles. The van der Waals surface area contributed by atoms with E-state index in [1.54, 1.807) is 0 Å². The van der Waals surface area contributed by atoms with Crippen LogP contribution in [0.5, 0.6) is 0 Å². The normalized spacial score (nSPS) is 20.7. The van der Waals surface area contributed by atoms with Crippen molar-refractivity contribution in [3.8, 4) is 0 Å². The fourth-order valence-corrected chi connectivity index (χ4v) is 8.67. The second-order valence-electron chi connectivity index (χ2n) is 17.8. The van der Waals surface area contributed by atoms with E-state index >= 15 is 0 Å². The molecule has 7 atom stereocenters. The average Bonchev–Trinajstić information content (AvgIpc) is 3.23. The fourth-order valence-electron chi connectivity index (χ4n) is 8.16. The van der Waals surface area contributed by atoms with E-state index in [9.17, 15) is 38.2 Å². The van der Waals surface area contributed by atoms with Crippen molar-refractivity contribution in [2.75, 3.05) is 13.2 Å². The summed E-state index contributed by atoms with van der Waals surface area (Å²) in [5.74, 6) is -0.233. The zero-order valence-electron chi connectivity index (χ0n) is 38.7. The van der Waals surface area contributed by atoms with Gasteiger partial charge < -0.3 is 35.2 Å². The zero-order chi connectivity index (χ0) is 44.8. The van der Waals surface area contributed by atoms with E-state index in [4.69, 9.17) is 9.47 Å². The summed E-state index contributed by atoms with van der Waals surface area (Å²) in [6, 6.07) is -0.857. The molecule has 13 heteroatoms. The molecule has 0 spiro atoms. The first-order valence-electron chi connectivity index (χ1n) is 25.1. The van der Waals surface area contributed by atoms with Crippen molar-refractivity contribution in [2.45, 2.75) is 275 Å². The number of aliphatic hydroxyl groups is 4. The Hall–Kier alpha value is -1.16. The number of nitrogens with one attached hydrogen (secondary N) is 1. The van der Waals surface area contributed by atoms with Crippen LogP contribution in [0.3, 0.4) is 0 Å². The molecule has 0 aromatic heterocycles. The molecule has 1 amide bonds. The molecule has 0 aromatic carbocycles. The van der Waals surface area contributed by atoms with Gasteiger partial charge in [0.1, 0.15) is 24.4 Å². The molecule has 12 nitrogen and oxygen atoms in total. The molecule has 61 heavy (non-hydrogen) atoms. The number of allylic oxidation sites excluding steroid dienone is 2. The number of rotatable bonds is 43. The van der Waals surface area contributed by atoms with Gasteiger partial charge in [0.15, 0.2) is 6.29 Å². The number of amides is 1. The van der Waals surface area contributed by atoms with E-state index in [-0.39, 0.29) is 18.9 Å². The minimum Gasteiger partial charge on any atom is -0.394 e. The van der Waals surface area contributed by atoms with Crippen LogP contribution >= 0.6 is 0 Å². The maximum Gasteiger partial charge on any atom is 0.397 e.